The predicted molar refractivity (Wildman–Crippen MR) is 91.2 cm³/mol. The quantitative estimate of drug-likeness (QED) is 0.822. The van der Waals surface area contributed by atoms with E-state index in [0.29, 0.717) is 30.7 Å². The Kier molecular flexibility index (Phi) is 4.92. The zero-order valence-corrected chi connectivity index (χ0v) is 14.5. The van der Waals surface area contributed by atoms with Gasteiger partial charge in [-0.25, -0.2) is 0 Å². The number of amides is 3. The van der Waals surface area contributed by atoms with Crippen LogP contribution >= 0.6 is 0 Å². The van der Waals surface area contributed by atoms with E-state index in [0.717, 1.165) is 6.42 Å². The van der Waals surface area contributed by atoms with Crippen molar-refractivity contribution in [3.63, 3.8) is 0 Å². The van der Waals surface area contributed by atoms with Crippen molar-refractivity contribution in [1.29, 1.82) is 0 Å². The Bertz CT molecular complexity index is 673. The minimum Gasteiger partial charge on any atom is -0.497 e. The molecule has 0 unspecified atom stereocenters. The summed E-state index contributed by atoms with van der Waals surface area (Å²) in [6.45, 7) is 2.35. The number of hydrogen-bond acceptors (Lipinski definition) is 4. The van der Waals surface area contributed by atoms with Crippen molar-refractivity contribution in [1.82, 2.24) is 15.5 Å². The summed E-state index contributed by atoms with van der Waals surface area (Å²) >= 11 is 0. The third-order valence-corrected chi connectivity index (χ3v) is 4.77. The van der Waals surface area contributed by atoms with Gasteiger partial charge in [0.25, 0.3) is 5.91 Å². The van der Waals surface area contributed by atoms with Gasteiger partial charge in [0.2, 0.25) is 11.8 Å². The van der Waals surface area contributed by atoms with Crippen LogP contribution in [-0.2, 0) is 9.59 Å². The Morgan fingerprint density at radius 3 is 2.68 bits per heavy atom. The van der Waals surface area contributed by atoms with E-state index in [4.69, 9.17) is 4.74 Å². The maximum atomic E-state index is 12.5. The van der Waals surface area contributed by atoms with Gasteiger partial charge < -0.3 is 20.3 Å². The van der Waals surface area contributed by atoms with Crippen LogP contribution in [0.25, 0.3) is 0 Å². The van der Waals surface area contributed by atoms with E-state index in [1.807, 2.05) is 6.92 Å². The molecule has 2 saturated heterocycles. The summed E-state index contributed by atoms with van der Waals surface area (Å²) < 4.78 is 5.08. The number of methoxy groups -OCH3 is 1. The highest BCUT2D eigenvalue weighted by Gasteiger charge is 2.46. The summed E-state index contributed by atoms with van der Waals surface area (Å²) in [6.07, 6.45) is 1.90. The number of carbonyl (C=O) groups excluding carboxylic acids is 3. The molecule has 0 bridgehead atoms. The van der Waals surface area contributed by atoms with Crippen LogP contribution in [0.3, 0.4) is 0 Å². The summed E-state index contributed by atoms with van der Waals surface area (Å²) in [5.41, 5.74) is 0.519. The average Bonchev–Trinajstić information content (AvgIpc) is 3.04. The van der Waals surface area contributed by atoms with E-state index >= 15 is 0 Å². The molecule has 0 aliphatic carbocycles. The Morgan fingerprint density at radius 2 is 2.04 bits per heavy atom. The Hall–Kier alpha value is -2.57. The summed E-state index contributed by atoms with van der Waals surface area (Å²) in [5, 5.41) is 5.72. The first-order valence-electron chi connectivity index (χ1n) is 8.59. The maximum Gasteiger partial charge on any atom is 0.251 e. The van der Waals surface area contributed by atoms with Crippen molar-refractivity contribution in [2.75, 3.05) is 13.7 Å². The molecule has 2 aliphatic rings. The number of nitrogens with one attached hydrogen (secondary N) is 2. The normalized spacial score (nSPS) is 25.4. The van der Waals surface area contributed by atoms with Crippen LogP contribution in [0.15, 0.2) is 24.3 Å². The molecule has 25 heavy (non-hydrogen) atoms. The molecule has 7 nitrogen and oxygen atoms in total. The van der Waals surface area contributed by atoms with Crippen LogP contribution in [-0.4, -0.2) is 54.4 Å². The van der Waals surface area contributed by atoms with E-state index in [-0.39, 0.29) is 23.8 Å². The van der Waals surface area contributed by atoms with Crippen molar-refractivity contribution < 1.29 is 19.1 Å². The molecule has 7 heteroatoms. The molecule has 0 aromatic heterocycles. The van der Waals surface area contributed by atoms with Gasteiger partial charge in [-0.05, 0) is 37.1 Å². The third kappa shape index (κ3) is 3.45. The molecule has 1 aromatic carbocycles. The molecule has 0 saturated carbocycles. The molecular formula is C18H23N3O4. The van der Waals surface area contributed by atoms with E-state index < -0.39 is 12.1 Å². The monoisotopic (exact) mass is 345 g/mol. The standard InChI is InChI=1S/C18H23N3O4/c1-3-4-14-18(24)21-10-12(9-15(21)17(23)20-14)19-16(22)11-5-7-13(25-2)8-6-11/h5-8,12,14-15H,3-4,9-10H2,1-2H3,(H,19,22)(H,20,23)/t12-,14-,15-/m0/s1. The van der Waals surface area contributed by atoms with Gasteiger partial charge >= 0.3 is 0 Å². The molecule has 0 radical (unpaired) electrons. The van der Waals surface area contributed by atoms with E-state index in [9.17, 15) is 14.4 Å². The second kappa shape index (κ2) is 7.13. The van der Waals surface area contributed by atoms with Gasteiger partial charge in [-0.2, -0.15) is 0 Å². The lowest BCUT2D eigenvalue weighted by Gasteiger charge is -2.34. The van der Waals surface area contributed by atoms with Crippen LogP contribution in [0.2, 0.25) is 0 Å². The molecule has 3 amide bonds. The largest absolute Gasteiger partial charge is 0.497 e. The molecule has 3 atom stereocenters. The van der Waals surface area contributed by atoms with Crippen LogP contribution in [0.1, 0.15) is 36.5 Å². The van der Waals surface area contributed by atoms with Crippen molar-refractivity contribution in [3.8, 4) is 5.75 Å². The van der Waals surface area contributed by atoms with Crippen LogP contribution in [0.5, 0.6) is 5.75 Å². The highest BCUT2D eigenvalue weighted by atomic mass is 16.5. The Morgan fingerprint density at radius 1 is 1.32 bits per heavy atom. The first-order chi connectivity index (χ1) is 12.0. The number of carbonyl (C=O) groups is 3. The number of piperazine rings is 1. The van der Waals surface area contributed by atoms with Crippen LogP contribution in [0.4, 0.5) is 0 Å². The fourth-order valence-corrected chi connectivity index (χ4v) is 3.46. The van der Waals surface area contributed by atoms with Crippen molar-refractivity contribution in [3.05, 3.63) is 29.8 Å². The lowest BCUT2D eigenvalue weighted by atomic mass is 10.0. The Labute approximate surface area is 146 Å². The molecule has 0 spiro atoms. The number of hydrogen-bond donors (Lipinski definition) is 2. The SMILES string of the molecule is CCC[C@@H]1NC(=O)[C@@H]2C[C@H](NC(=O)c3ccc(OC)cc3)CN2C1=O. The fourth-order valence-electron chi connectivity index (χ4n) is 3.46. The zero-order chi connectivity index (χ0) is 18.0. The topological polar surface area (TPSA) is 87.7 Å². The molecule has 2 heterocycles. The number of nitrogens with zero attached hydrogens (tertiary/aromatic N) is 1. The highest BCUT2D eigenvalue weighted by Crippen LogP contribution is 2.24. The minimum absolute atomic E-state index is 0.0485. The summed E-state index contributed by atoms with van der Waals surface area (Å²) in [5.74, 6) is 0.288. The maximum absolute atomic E-state index is 12.5. The number of benzene rings is 1. The minimum atomic E-state index is -0.484. The summed E-state index contributed by atoms with van der Waals surface area (Å²) in [6, 6.07) is 5.66. The summed E-state index contributed by atoms with van der Waals surface area (Å²) in [7, 11) is 1.57. The molecule has 1 aromatic rings. The number of ether oxygens (including phenoxy) is 1. The summed E-state index contributed by atoms with van der Waals surface area (Å²) in [4.78, 5) is 38.7. The van der Waals surface area contributed by atoms with Gasteiger partial charge in [0, 0.05) is 18.2 Å². The average molecular weight is 345 g/mol. The number of rotatable bonds is 5. The van der Waals surface area contributed by atoms with E-state index in [2.05, 4.69) is 10.6 Å². The second-order valence-electron chi connectivity index (χ2n) is 6.49. The van der Waals surface area contributed by atoms with E-state index in [1.54, 1.807) is 36.3 Å². The van der Waals surface area contributed by atoms with Gasteiger partial charge in [0.15, 0.2) is 0 Å². The van der Waals surface area contributed by atoms with Gasteiger partial charge in [0.05, 0.1) is 7.11 Å². The highest BCUT2D eigenvalue weighted by molar-refractivity contribution is 5.98. The van der Waals surface area contributed by atoms with Crippen molar-refractivity contribution >= 4 is 17.7 Å². The second-order valence-corrected chi connectivity index (χ2v) is 6.49. The van der Waals surface area contributed by atoms with E-state index in [1.165, 1.54) is 0 Å². The molecule has 2 fully saturated rings. The molecular weight excluding hydrogens is 322 g/mol. The predicted octanol–water partition coefficient (Wildman–Crippen LogP) is 0.693. The van der Waals surface area contributed by atoms with Crippen LogP contribution < -0.4 is 15.4 Å². The molecule has 2 aliphatic heterocycles. The lowest BCUT2D eigenvalue weighted by Crippen LogP contribution is -2.61. The Balaban J connectivity index is 1.64. The van der Waals surface area contributed by atoms with Gasteiger partial charge in [-0.1, -0.05) is 13.3 Å². The first kappa shape index (κ1) is 17.3. The van der Waals surface area contributed by atoms with Crippen molar-refractivity contribution in [2.45, 2.75) is 44.3 Å². The molecule has 3 rings (SSSR count). The van der Waals surface area contributed by atoms with Gasteiger partial charge in [-0.3, -0.25) is 14.4 Å². The lowest BCUT2D eigenvalue weighted by molar-refractivity contribution is -0.147. The molecule has 2 N–H and O–H groups in total. The van der Waals surface area contributed by atoms with Crippen molar-refractivity contribution in [2.24, 2.45) is 0 Å². The first-order valence-corrected chi connectivity index (χ1v) is 8.59. The smallest absolute Gasteiger partial charge is 0.251 e. The fraction of sp³-hybridized carbons (Fsp3) is 0.500. The van der Waals surface area contributed by atoms with Gasteiger partial charge in [-0.15, -0.1) is 0 Å². The zero-order valence-electron chi connectivity index (χ0n) is 14.5. The van der Waals surface area contributed by atoms with Gasteiger partial charge in [0.1, 0.15) is 17.8 Å². The van der Waals surface area contributed by atoms with Crippen LogP contribution in [0, 0.1) is 0 Å². The number of fused-ring (bicyclic) bond motifs is 1. The third-order valence-electron chi connectivity index (χ3n) is 4.77. The molecule has 134 valence electrons.